The fourth-order valence-corrected chi connectivity index (χ4v) is 3.70. The van der Waals surface area contributed by atoms with Crippen molar-refractivity contribution in [2.24, 2.45) is 0 Å². The van der Waals surface area contributed by atoms with E-state index in [0.717, 1.165) is 25.8 Å². The summed E-state index contributed by atoms with van der Waals surface area (Å²) < 4.78 is 19.8. The lowest BCUT2D eigenvalue weighted by molar-refractivity contribution is -0.122. The fraction of sp³-hybridized carbons (Fsp3) is 0.250. The zero-order valence-corrected chi connectivity index (χ0v) is 16.6. The van der Waals surface area contributed by atoms with Gasteiger partial charge in [0, 0.05) is 24.0 Å². The number of hydrogen-bond donors (Lipinski definition) is 1. The SMILES string of the molecule is O=C(Nc1ccc(Oc2cccnc2)cc1)C1CCCCN1Cc1ccccc1F. The van der Waals surface area contributed by atoms with Crippen molar-refractivity contribution in [2.75, 3.05) is 11.9 Å². The number of likely N-dealkylation sites (tertiary alicyclic amines) is 1. The first-order valence-electron chi connectivity index (χ1n) is 10.2. The Labute approximate surface area is 175 Å². The van der Waals surface area contributed by atoms with Crippen molar-refractivity contribution in [1.29, 1.82) is 0 Å². The van der Waals surface area contributed by atoms with Crippen LogP contribution in [0.15, 0.2) is 73.1 Å². The number of carbonyl (C=O) groups excluding carboxylic acids is 1. The molecule has 154 valence electrons. The summed E-state index contributed by atoms with van der Waals surface area (Å²) in [5.74, 6) is 1.03. The molecule has 3 aromatic rings. The topological polar surface area (TPSA) is 54.5 Å². The lowest BCUT2D eigenvalue weighted by Crippen LogP contribution is -2.46. The molecule has 1 fully saturated rings. The molecule has 1 saturated heterocycles. The van der Waals surface area contributed by atoms with E-state index in [2.05, 4.69) is 15.2 Å². The van der Waals surface area contributed by atoms with Gasteiger partial charge in [0.1, 0.15) is 17.3 Å². The molecule has 30 heavy (non-hydrogen) atoms. The quantitative estimate of drug-likeness (QED) is 0.627. The van der Waals surface area contributed by atoms with Gasteiger partial charge in [0.15, 0.2) is 0 Å². The maximum atomic E-state index is 14.1. The summed E-state index contributed by atoms with van der Waals surface area (Å²) in [6.07, 6.45) is 6.10. The van der Waals surface area contributed by atoms with Gasteiger partial charge in [-0.2, -0.15) is 0 Å². The van der Waals surface area contributed by atoms with Crippen LogP contribution in [0.5, 0.6) is 11.5 Å². The first-order chi connectivity index (χ1) is 14.7. The Morgan fingerprint density at radius 2 is 1.90 bits per heavy atom. The molecule has 1 aromatic heterocycles. The second-order valence-electron chi connectivity index (χ2n) is 7.38. The smallest absolute Gasteiger partial charge is 0.241 e. The molecule has 4 rings (SSSR count). The summed E-state index contributed by atoms with van der Waals surface area (Å²) in [7, 11) is 0. The summed E-state index contributed by atoms with van der Waals surface area (Å²) in [5, 5.41) is 2.99. The molecule has 0 radical (unpaired) electrons. The van der Waals surface area contributed by atoms with Crippen LogP contribution in [0, 0.1) is 5.82 Å². The van der Waals surface area contributed by atoms with E-state index in [1.54, 1.807) is 42.7 Å². The van der Waals surface area contributed by atoms with E-state index < -0.39 is 0 Å². The molecule has 5 nitrogen and oxygen atoms in total. The van der Waals surface area contributed by atoms with Crippen LogP contribution < -0.4 is 10.1 Å². The van der Waals surface area contributed by atoms with Gasteiger partial charge in [-0.15, -0.1) is 0 Å². The van der Waals surface area contributed by atoms with Gasteiger partial charge in [0.05, 0.1) is 12.2 Å². The van der Waals surface area contributed by atoms with Crippen molar-refractivity contribution < 1.29 is 13.9 Å². The Morgan fingerprint density at radius 3 is 2.67 bits per heavy atom. The molecule has 0 aliphatic carbocycles. The van der Waals surface area contributed by atoms with Gasteiger partial charge in [-0.3, -0.25) is 14.7 Å². The van der Waals surface area contributed by atoms with Crippen LogP contribution in [0.2, 0.25) is 0 Å². The van der Waals surface area contributed by atoms with Crippen molar-refractivity contribution in [3.63, 3.8) is 0 Å². The molecular formula is C24H24FN3O2. The lowest BCUT2D eigenvalue weighted by Gasteiger charge is -2.34. The molecule has 1 atom stereocenters. The number of benzene rings is 2. The first kappa shape index (κ1) is 20.0. The molecular weight excluding hydrogens is 381 g/mol. The minimum atomic E-state index is -0.273. The predicted molar refractivity (Wildman–Crippen MR) is 114 cm³/mol. The normalized spacial score (nSPS) is 16.8. The van der Waals surface area contributed by atoms with Crippen molar-refractivity contribution in [3.8, 4) is 11.5 Å². The van der Waals surface area contributed by atoms with Crippen molar-refractivity contribution >= 4 is 11.6 Å². The number of anilines is 1. The third-order valence-electron chi connectivity index (χ3n) is 5.24. The molecule has 2 aromatic carbocycles. The van der Waals surface area contributed by atoms with Crippen LogP contribution in [0.25, 0.3) is 0 Å². The van der Waals surface area contributed by atoms with E-state index in [9.17, 15) is 9.18 Å². The highest BCUT2D eigenvalue weighted by molar-refractivity contribution is 5.94. The van der Waals surface area contributed by atoms with Gasteiger partial charge >= 0.3 is 0 Å². The molecule has 6 heteroatoms. The maximum Gasteiger partial charge on any atom is 0.241 e. The number of nitrogens with zero attached hydrogens (tertiary/aromatic N) is 2. The Bertz CT molecular complexity index is 979. The third-order valence-corrected chi connectivity index (χ3v) is 5.24. The number of halogens is 1. The van der Waals surface area contributed by atoms with Crippen LogP contribution in [0.1, 0.15) is 24.8 Å². The molecule has 2 heterocycles. The van der Waals surface area contributed by atoms with E-state index in [0.29, 0.717) is 29.3 Å². The van der Waals surface area contributed by atoms with Crippen LogP contribution in [-0.2, 0) is 11.3 Å². The van der Waals surface area contributed by atoms with Gasteiger partial charge in [-0.1, -0.05) is 24.6 Å². The maximum absolute atomic E-state index is 14.1. The number of rotatable bonds is 6. The summed E-state index contributed by atoms with van der Waals surface area (Å²) in [6.45, 7) is 1.22. The van der Waals surface area contributed by atoms with Crippen LogP contribution in [0.4, 0.5) is 10.1 Å². The van der Waals surface area contributed by atoms with Crippen molar-refractivity contribution in [2.45, 2.75) is 31.8 Å². The minimum absolute atomic E-state index is 0.0630. The van der Waals surface area contributed by atoms with Crippen LogP contribution in [-0.4, -0.2) is 28.4 Å². The fourth-order valence-electron chi connectivity index (χ4n) is 3.70. The average molecular weight is 405 g/mol. The number of nitrogens with one attached hydrogen (secondary N) is 1. The molecule has 0 bridgehead atoms. The van der Waals surface area contributed by atoms with Crippen molar-refractivity contribution in [1.82, 2.24) is 9.88 Å². The highest BCUT2D eigenvalue weighted by atomic mass is 19.1. The van der Waals surface area contributed by atoms with E-state index >= 15 is 0 Å². The number of piperidine rings is 1. The number of carbonyl (C=O) groups is 1. The summed E-state index contributed by atoms with van der Waals surface area (Å²) in [6, 6.07) is 17.3. The van der Waals surface area contributed by atoms with Gasteiger partial charge < -0.3 is 10.1 Å². The lowest BCUT2D eigenvalue weighted by atomic mass is 10.00. The first-order valence-corrected chi connectivity index (χ1v) is 10.2. The number of hydrogen-bond acceptors (Lipinski definition) is 4. The monoisotopic (exact) mass is 405 g/mol. The summed E-state index contributed by atoms with van der Waals surface area (Å²) >= 11 is 0. The van der Waals surface area contributed by atoms with E-state index in [1.165, 1.54) is 6.07 Å². The molecule has 0 spiro atoms. The zero-order chi connectivity index (χ0) is 20.8. The van der Waals surface area contributed by atoms with Gasteiger partial charge in [0.2, 0.25) is 5.91 Å². The second-order valence-corrected chi connectivity index (χ2v) is 7.38. The molecule has 0 saturated carbocycles. The predicted octanol–water partition coefficient (Wildman–Crippen LogP) is 5.01. The standard InChI is InChI=1S/C24H24FN3O2/c25-22-8-2-1-6-18(22)17-28-15-4-3-9-23(28)24(29)27-19-10-12-20(13-11-19)30-21-7-5-14-26-16-21/h1-2,5-8,10-14,16,23H,3-4,9,15,17H2,(H,27,29). The van der Waals surface area contributed by atoms with Gasteiger partial charge in [-0.25, -0.2) is 4.39 Å². The van der Waals surface area contributed by atoms with Gasteiger partial charge in [-0.05, 0) is 61.9 Å². The Balaban J connectivity index is 1.39. The molecule has 1 aliphatic rings. The molecule has 1 amide bonds. The molecule has 1 unspecified atom stereocenters. The summed E-state index contributed by atoms with van der Waals surface area (Å²) in [5.41, 5.74) is 1.32. The largest absolute Gasteiger partial charge is 0.456 e. The molecule has 1 aliphatic heterocycles. The number of pyridine rings is 1. The van der Waals surface area contributed by atoms with Crippen molar-refractivity contribution in [3.05, 3.63) is 84.4 Å². The molecule has 1 N–H and O–H groups in total. The number of aromatic nitrogens is 1. The Hall–Kier alpha value is -3.25. The number of ether oxygens (including phenoxy) is 1. The van der Waals surface area contributed by atoms with Crippen LogP contribution in [0.3, 0.4) is 0 Å². The van der Waals surface area contributed by atoms with E-state index in [1.807, 2.05) is 24.3 Å². The van der Waals surface area contributed by atoms with E-state index in [-0.39, 0.29) is 17.8 Å². The third kappa shape index (κ3) is 5.02. The van der Waals surface area contributed by atoms with Gasteiger partial charge in [0.25, 0.3) is 0 Å². The Morgan fingerprint density at radius 1 is 1.07 bits per heavy atom. The number of amides is 1. The highest BCUT2D eigenvalue weighted by Gasteiger charge is 2.29. The second kappa shape index (κ2) is 9.50. The highest BCUT2D eigenvalue weighted by Crippen LogP contribution is 2.24. The van der Waals surface area contributed by atoms with E-state index in [4.69, 9.17) is 4.74 Å². The van der Waals surface area contributed by atoms with Crippen LogP contribution >= 0.6 is 0 Å². The average Bonchev–Trinajstić information content (AvgIpc) is 2.78. The minimum Gasteiger partial charge on any atom is -0.456 e. The Kier molecular flexibility index (Phi) is 6.35. The summed E-state index contributed by atoms with van der Waals surface area (Å²) in [4.78, 5) is 19.0. The zero-order valence-electron chi connectivity index (χ0n) is 16.6.